The molecule has 106 valence electrons. The Kier molecular flexibility index (Phi) is 5.82. The lowest BCUT2D eigenvalue weighted by atomic mass is 9.94. The summed E-state index contributed by atoms with van der Waals surface area (Å²) in [5, 5.41) is 3.64. The number of rotatable bonds is 6. The van der Waals surface area contributed by atoms with Gasteiger partial charge in [0.05, 0.1) is 6.04 Å². The van der Waals surface area contributed by atoms with Crippen molar-refractivity contribution in [2.45, 2.75) is 39.2 Å². The van der Waals surface area contributed by atoms with Gasteiger partial charge in [0, 0.05) is 0 Å². The van der Waals surface area contributed by atoms with Gasteiger partial charge >= 0.3 is 0 Å². The van der Waals surface area contributed by atoms with Crippen molar-refractivity contribution in [3.63, 3.8) is 0 Å². The minimum Gasteiger partial charge on any atom is -0.307 e. The molecule has 1 atom stereocenters. The lowest BCUT2D eigenvalue weighted by molar-refractivity contribution is 0.618. The van der Waals surface area contributed by atoms with Crippen LogP contribution in [-0.4, -0.2) is 12.6 Å². The lowest BCUT2D eigenvalue weighted by Gasteiger charge is -2.21. The first-order valence-corrected chi connectivity index (χ1v) is 7.72. The van der Waals surface area contributed by atoms with Crippen molar-refractivity contribution < 1.29 is 0 Å². The first kappa shape index (κ1) is 14.8. The number of benzene rings is 1. The summed E-state index contributed by atoms with van der Waals surface area (Å²) in [4.78, 5) is 0. The van der Waals surface area contributed by atoms with E-state index in [1.54, 1.807) is 0 Å². The molecule has 0 fully saturated rings. The van der Waals surface area contributed by atoms with Crippen LogP contribution in [0.2, 0.25) is 0 Å². The van der Waals surface area contributed by atoms with Gasteiger partial charge in [-0.05, 0) is 42.2 Å². The van der Waals surface area contributed by atoms with Gasteiger partial charge in [0.2, 0.25) is 0 Å². The van der Waals surface area contributed by atoms with Crippen LogP contribution in [0.5, 0.6) is 0 Å². The second kappa shape index (κ2) is 7.86. The highest BCUT2D eigenvalue weighted by Crippen LogP contribution is 2.21. The zero-order chi connectivity index (χ0) is 14.2. The van der Waals surface area contributed by atoms with Crippen molar-refractivity contribution in [1.82, 2.24) is 5.32 Å². The Hall–Kier alpha value is -1.60. The maximum atomic E-state index is 3.64. The Labute approximate surface area is 123 Å². The van der Waals surface area contributed by atoms with Crippen LogP contribution in [0.25, 0.3) is 6.08 Å². The summed E-state index contributed by atoms with van der Waals surface area (Å²) >= 11 is 0. The van der Waals surface area contributed by atoms with Crippen molar-refractivity contribution in [3.05, 3.63) is 65.3 Å². The molecule has 1 aromatic carbocycles. The Morgan fingerprint density at radius 2 is 1.95 bits per heavy atom. The summed E-state index contributed by atoms with van der Waals surface area (Å²) in [6.07, 6.45) is 12.7. The molecule has 1 aromatic rings. The van der Waals surface area contributed by atoms with E-state index in [0.29, 0.717) is 6.04 Å². The maximum absolute atomic E-state index is 3.64. The van der Waals surface area contributed by atoms with E-state index in [4.69, 9.17) is 0 Å². The van der Waals surface area contributed by atoms with E-state index in [1.807, 2.05) is 0 Å². The van der Waals surface area contributed by atoms with E-state index in [2.05, 4.69) is 73.8 Å². The fourth-order valence-corrected chi connectivity index (χ4v) is 2.40. The molecule has 0 aliphatic heterocycles. The molecule has 1 nitrogen and oxygen atoms in total. The Balaban J connectivity index is 2.17. The van der Waals surface area contributed by atoms with Gasteiger partial charge in [-0.1, -0.05) is 68.8 Å². The Morgan fingerprint density at radius 3 is 2.65 bits per heavy atom. The van der Waals surface area contributed by atoms with Crippen LogP contribution in [0.3, 0.4) is 0 Å². The van der Waals surface area contributed by atoms with Gasteiger partial charge in [-0.15, -0.1) is 0 Å². The molecule has 1 aliphatic carbocycles. The highest BCUT2D eigenvalue weighted by Gasteiger charge is 2.12. The summed E-state index contributed by atoms with van der Waals surface area (Å²) in [5.41, 5.74) is 4.04. The summed E-state index contributed by atoms with van der Waals surface area (Å²) in [6, 6.07) is 10.9. The van der Waals surface area contributed by atoms with Crippen molar-refractivity contribution in [2.24, 2.45) is 0 Å². The minimum atomic E-state index is 0.344. The summed E-state index contributed by atoms with van der Waals surface area (Å²) in [7, 11) is 0. The second-order valence-electron chi connectivity index (χ2n) is 5.27. The molecule has 0 radical (unpaired) electrons. The van der Waals surface area contributed by atoms with Crippen molar-refractivity contribution in [2.75, 3.05) is 6.54 Å². The molecule has 0 heterocycles. The molecule has 20 heavy (non-hydrogen) atoms. The quantitative estimate of drug-likeness (QED) is 0.734. The van der Waals surface area contributed by atoms with E-state index in [1.165, 1.54) is 29.6 Å². The minimum absolute atomic E-state index is 0.344. The molecule has 0 aromatic heterocycles. The molecule has 1 aliphatic rings. The topological polar surface area (TPSA) is 12.0 Å². The van der Waals surface area contributed by atoms with E-state index in [9.17, 15) is 0 Å². The third-order valence-electron chi connectivity index (χ3n) is 3.65. The van der Waals surface area contributed by atoms with Crippen LogP contribution in [0.4, 0.5) is 0 Å². The third-order valence-corrected chi connectivity index (χ3v) is 3.65. The summed E-state index contributed by atoms with van der Waals surface area (Å²) in [6.45, 7) is 5.52. The third kappa shape index (κ3) is 4.21. The van der Waals surface area contributed by atoms with Gasteiger partial charge in [0.15, 0.2) is 0 Å². The number of unbranched alkanes of at least 4 members (excludes halogenated alkanes) is 1. The van der Waals surface area contributed by atoms with E-state index >= 15 is 0 Å². The van der Waals surface area contributed by atoms with Crippen molar-refractivity contribution >= 4 is 6.08 Å². The van der Waals surface area contributed by atoms with Gasteiger partial charge < -0.3 is 5.32 Å². The van der Waals surface area contributed by atoms with Gasteiger partial charge in [-0.3, -0.25) is 0 Å². The largest absolute Gasteiger partial charge is 0.307 e. The van der Waals surface area contributed by atoms with Crippen LogP contribution in [0.1, 0.15) is 38.7 Å². The maximum Gasteiger partial charge on any atom is 0.0509 e. The smallest absolute Gasteiger partial charge is 0.0509 e. The van der Waals surface area contributed by atoms with Crippen molar-refractivity contribution in [1.29, 1.82) is 0 Å². The molecule has 1 unspecified atom stereocenters. The monoisotopic (exact) mass is 267 g/mol. The Morgan fingerprint density at radius 1 is 1.15 bits per heavy atom. The van der Waals surface area contributed by atoms with E-state index in [0.717, 1.165) is 13.0 Å². The first-order valence-electron chi connectivity index (χ1n) is 7.72. The van der Waals surface area contributed by atoms with Gasteiger partial charge in [-0.2, -0.15) is 0 Å². The van der Waals surface area contributed by atoms with Gasteiger partial charge in [0.25, 0.3) is 0 Å². The molecule has 0 spiro atoms. The van der Waals surface area contributed by atoms with Gasteiger partial charge in [0.1, 0.15) is 0 Å². The van der Waals surface area contributed by atoms with E-state index < -0.39 is 0 Å². The van der Waals surface area contributed by atoms with Gasteiger partial charge in [-0.25, -0.2) is 0 Å². The number of hydrogen-bond acceptors (Lipinski definition) is 1. The van der Waals surface area contributed by atoms with Crippen LogP contribution >= 0.6 is 0 Å². The number of allylic oxidation sites excluding steroid dienone is 2. The predicted octanol–water partition coefficient (Wildman–Crippen LogP) is 4.73. The SMILES string of the molecule is CCCCNC1C=CC(CC)=CC1=Cc1ccccc1. The molecule has 1 heteroatoms. The summed E-state index contributed by atoms with van der Waals surface area (Å²) in [5.74, 6) is 0. The molecule has 0 saturated heterocycles. The van der Waals surface area contributed by atoms with Crippen molar-refractivity contribution in [3.8, 4) is 0 Å². The fraction of sp³-hybridized carbons (Fsp3) is 0.368. The zero-order valence-electron chi connectivity index (χ0n) is 12.6. The average molecular weight is 267 g/mol. The predicted molar refractivity (Wildman–Crippen MR) is 88.6 cm³/mol. The standard InChI is InChI=1S/C19H25N/c1-3-5-13-20-19-12-11-16(4-2)14-18(19)15-17-9-7-6-8-10-17/h6-12,14-15,19-20H,3-5,13H2,1-2H3. The van der Waals surface area contributed by atoms with Crippen LogP contribution in [0, 0.1) is 0 Å². The molecule has 0 amide bonds. The highest BCUT2D eigenvalue weighted by molar-refractivity contribution is 5.60. The lowest BCUT2D eigenvalue weighted by Crippen LogP contribution is -2.30. The number of nitrogens with one attached hydrogen (secondary N) is 1. The molecular formula is C19H25N. The highest BCUT2D eigenvalue weighted by atomic mass is 14.9. The van der Waals surface area contributed by atoms with E-state index in [-0.39, 0.29) is 0 Å². The van der Waals surface area contributed by atoms with Crippen LogP contribution in [-0.2, 0) is 0 Å². The molecule has 0 saturated carbocycles. The normalized spacial score (nSPS) is 20.2. The molecule has 1 N–H and O–H groups in total. The molecule has 2 rings (SSSR count). The number of hydrogen-bond donors (Lipinski definition) is 1. The molecular weight excluding hydrogens is 242 g/mol. The summed E-state index contributed by atoms with van der Waals surface area (Å²) < 4.78 is 0. The van der Waals surface area contributed by atoms with Crippen LogP contribution < -0.4 is 5.32 Å². The first-order chi connectivity index (χ1) is 9.83. The van der Waals surface area contributed by atoms with Crippen LogP contribution in [0.15, 0.2) is 59.7 Å². The molecule has 0 bridgehead atoms. The second-order valence-corrected chi connectivity index (χ2v) is 5.27. The fourth-order valence-electron chi connectivity index (χ4n) is 2.40. The average Bonchev–Trinajstić information content (AvgIpc) is 2.50. The Bertz CT molecular complexity index is 494. The zero-order valence-corrected chi connectivity index (χ0v) is 12.6.